The average Bonchev–Trinajstić information content (AvgIpc) is 2.89. The molecule has 23 heavy (non-hydrogen) atoms. The van der Waals surface area contributed by atoms with E-state index in [9.17, 15) is 9.59 Å². The van der Waals surface area contributed by atoms with Gasteiger partial charge in [0.15, 0.2) is 10.8 Å². The van der Waals surface area contributed by atoms with Gasteiger partial charge in [-0.05, 0) is 31.5 Å². The Bertz CT molecular complexity index is 921. The summed E-state index contributed by atoms with van der Waals surface area (Å²) < 4.78 is 1.90. The number of thioether (sulfide) groups is 1. The summed E-state index contributed by atoms with van der Waals surface area (Å²) in [4.78, 5) is 22.6. The van der Waals surface area contributed by atoms with Gasteiger partial charge in [0.25, 0.3) is 0 Å². The Hall–Kier alpha value is -2.61. The number of primary amides is 1. The van der Waals surface area contributed by atoms with Crippen molar-refractivity contribution in [3.63, 3.8) is 0 Å². The number of hydrogen-bond donors (Lipinski definition) is 2. The molecule has 3 aromatic rings. The topological polar surface area (TPSA) is 102 Å². The summed E-state index contributed by atoms with van der Waals surface area (Å²) in [5, 5.41) is 11.6. The zero-order valence-corrected chi connectivity index (χ0v) is 13.4. The van der Waals surface area contributed by atoms with E-state index in [0.29, 0.717) is 10.8 Å². The number of aryl methyl sites for hydroxylation is 1. The molecule has 0 unspecified atom stereocenters. The molecule has 3 N–H and O–H groups in total. The molecule has 0 aliphatic rings. The maximum Gasteiger partial charge on any atom is 0.318 e. The van der Waals surface area contributed by atoms with Crippen LogP contribution in [-0.2, 0) is 4.79 Å². The van der Waals surface area contributed by atoms with Crippen LogP contribution in [0.5, 0.6) is 0 Å². The number of benzene rings is 1. The maximum absolute atomic E-state index is 11.8. The molecule has 8 heteroatoms. The van der Waals surface area contributed by atoms with Crippen molar-refractivity contribution < 1.29 is 9.59 Å². The Morgan fingerprint density at radius 1 is 1.30 bits per heavy atom. The Kier molecular flexibility index (Phi) is 3.91. The number of carbonyl (C=O) groups is 2. The smallest absolute Gasteiger partial charge is 0.318 e. The predicted molar refractivity (Wildman–Crippen MR) is 88.3 cm³/mol. The molecule has 1 aromatic carbocycles. The molecule has 0 radical (unpaired) electrons. The highest BCUT2D eigenvalue weighted by molar-refractivity contribution is 8.00. The minimum atomic E-state index is -0.866. The van der Waals surface area contributed by atoms with E-state index in [0.717, 1.165) is 16.5 Å². The lowest BCUT2D eigenvalue weighted by atomic mass is 10.1. The van der Waals surface area contributed by atoms with Crippen molar-refractivity contribution in [2.24, 2.45) is 5.73 Å². The first-order valence-corrected chi connectivity index (χ1v) is 7.86. The summed E-state index contributed by atoms with van der Waals surface area (Å²) in [5.74, 6) is -0.462. The van der Waals surface area contributed by atoms with E-state index in [1.807, 2.05) is 41.7 Å². The molecule has 0 saturated carbocycles. The summed E-state index contributed by atoms with van der Waals surface area (Å²) in [7, 11) is 0. The van der Waals surface area contributed by atoms with E-state index in [4.69, 9.17) is 5.73 Å². The molecule has 0 fully saturated rings. The second kappa shape index (κ2) is 5.88. The largest absolute Gasteiger partial charge is 0.351 e. The zero-order valence-electron chi connectivity index (χ0n) is 12.6. The number of hydrogen-bond acceptors (Lipinski definition) is 5. The summed E-state index contributed by atoms with van der Waals surface area (Å²) in [5.41, 5.74) is 7.76. The van der Waals surface area contributed by atoms with Gasteiger partial charge in [-0.15, -0.1) is 10.2 Å². The second-order valence-corrected chi connectivity index (χ2v) is 6.44. The predicted octanol–water partition coefficient (Wildman–Crippen LogP) is 1.87. The summed E-state index contributed by atoms with van der Waals surface area (Å²) >= 11 is 1.22. The molecule has 2 heterocycles. The van der Waals surface area contributed by atoms with E-state index in [-0.39, 0.29) is 0 Å². The van der Waals surface area contributed by atoms with Gasteiger partial charge in [0.1, 0.15) is 0 Å². The fraction of sp³-hybridized carbons (Fsp3) is 0.200. The van der Waals surface area contributed by atoms with Crippen molar-refractivity contribution in [1.82, 2.24) is 19.9 Å². The monoisotopic (exact) mass is 329 g/mol. The number of aromatic nitrogens is 3. The van der Waals surface area contributed by atoms with Crippen LogP contribution < -0.4 is 11.1 Å². The van der Waals surface area contributed by atoms with Gasteiger partial charge < -0.3 is 5.73 Å². The van der Waals surface area contributed by atoms with Crippen molar-refractivity contribution in [2.45, 2.75) is 24.3 Å². The molecular weight excluding hydrogens is 314 g/mol. The minimum Gasteiger partial charge on any atom is -0.351 e. The van der Waals surface area contributed by atoms with Crippen molar-refractivity contribution in [3.8, 4) is 0 Å². The van der Waals surface area contributed by atoms with Gasteiger partial charge in [-0.2, -0.15) is 0 Å². The fourth-order valence-corrected chi connectivity index (χ4v) is 3.25. The quantitative estimate of drug-likeness (QED) is 0.714. The number of pyridine rings is 1. The number of nitrogens with one attached hydrogen (secondary N) is 1. The van der Waals surface area contributed by atoms with E-state index in [1.165, 1.54) is 11.8 Å². The third kappa shape index (κ3) is 2.85. The first-order chi connectivity index (χ1) is 11.0. The van der Waals surface area contributed by atoms with Gasteiger partial charge in [0, 0.05) is 5.39 Å². The van der Waals surface area contributed by atoms with Crippen LogP contribution in [0.15, 0.2) is 35.5 Å². The number of nitrogens with two attached hydrogens (primary N) is 1. The lowest BCUT2D eigenvalue weighted by Crippen LogP contribution is -2.39. The van der Waals surface area contributed by atoms with E-state index in [2.05, 4.69) is 15.5 Å². The lowest BCUT2D eigenvalue weighted by molar-refractivity contribution is -0.119. The van der Waals surface area contributed by atoms with Crippen LogP contribution in [0, 0.1) is 6.92 Å². The van der Waals surface area contributed by atoms with E-state index in [1.54, 1.807) is 6.92 Å². The van der Waals surface area contributed by atoms with Crippen LogP contribution in [0.25, 0.3) is 16.6 Å². The van der Waals surface area contributed by atoms with Crippen LogP contribution in [-0.4, -0.2) is 31.8 Å². The molecule has 0 aliphatic carbocycles. The van der Waals surface area contributed by atoms with Gasteiger partial charge in [-0.1, -0.05) is 30.0 Å². The Morgan fingerprint density at radius 3 is 2.78 bits per heavy atom. The molecular formula is C15H15N5O2S. The van der Waals surface area contributed by atoms with E-state index < -0.39 is 17.2 Å². The third-order valence-corrected chi connectivity index (χ3v) is 4.51. The first-order valence-electron chi connectivity index (χ1n) is 6.98. The molecule has 0 saturated heterocycles. The zero-order chi connectivity index (χ0) is 16.6. The number of urea groups is 1. The SMILES string of the molecule is Cc1cc2nnc(S[C@H](C)C(=O)NC(N)=O)n2c2ccccc12. The molecule has 3 rings (SSSR count). The molecule has 118 valence electrons. The standard InChI is InChI=1S/C15H15N5O2S/c1-8-7-12-18-19-15(23-9(2)13(21)17-14(16)22)20(12)11-6-4-3-5-10(8)11/h3-7,9H,1-2H3,(H3,16,17,21,22)/t9-/m1/s1. The minimum absolute atomic E-state index is 0.462. The summed E-state index contributed by atoms with van der Waals surface area (Å²) in [6.07, 6.45) is 0. The van der Waals surface area contributed by atoms with Crippen LogP contribution in [0.4, 0.5) is 4.79 Å². The Balaban J connectivity index is 2.04. The number of amides is 3. The number of carbonyl (C=O) groups excluding carboxylic acids is 2. The van der Waals surface area contributed by atoms with Gasteiger partial charge in [0.2, 0.25) is 5.91 Å². The van der Waals surface area contributed by atoms with Crippen LogP contribution in [0.1, 0.15) is 12.5 Å². The number of nitrogens with zero attached hydrogens (tertiary/aromatic N) is 3. The highest BCUT2D eigenvalue weighted by Gasteiger charge is 2.20. The Morgan fingerprint density at radius 2 is 2.04 bits per heavy atom. The number of rotatable bonds is 3. The van der Waals surface area contributed by atoms with Crippen molar-refractivity contribution in [3.05, 3.63) is 35.9 Å². The first kappa shape index (κ1) is 15.3. The highest BCUT2D eigenvalue weighted by atomic mass is 32.2. The van der Waals surface area contributed by atoms with Gasteiger partial charge in [-0.25, -0.2) is 4.79 Å². The second-order valence-electron chi connectivity index (χ2n) is 5.13. The third-order valence-electron chi connectivity index (χ3n) is 3.47. The summed E-state index contributed by atoms with van der Waals surface area (Å²) in [6.45, 7) is 3.70. The summed E-state index contributed by atoms with van der Waals surface area (Å²) in [6, 6.07) is 9.02. The van der Waals surface area contributed by atoms with Crippen molar-refractivity contribution in [1.29, 1.82) is 0 Å². The highest BCUT2D eigenvalue weighted by Crippen LogP contribution is 2.27. The molecule has 3 amide bonds. The Labute approximate surface area is 136 Å². The molecule has 7 nitrogen and oxygen atoms in total. The molecule has 0 aliphatic heterocycles. The molecule has 2 aromatic heterocycles. The van der Waals surface area contributed by atoms with Crippen molar-refractivity contribution >= 4 is 40.3 Å². The number of fused-ring (bicyclic) bond motifs is 3. The molecule has 1 atom stereocenters. The van der Waals surface area contributed by atoms with Gasteiger partial charge in [0.05, 0.1) is 10.8 Å². The fourth-order valence-electron chi connectivity index (χ4n) is 2.39. The normalized spacial score (nSPS) is 12.4. The van der Waals surface area contributed by atoms with Crippen LogP contribution >= 0.6 is 11.8 Å². The number of para-hydroxylation sites is 1. The molecule has 0 bridgehead atoms. The van der Waals surface area contributed by atoms with Crippen LogP contribution in [0.2, 0.25) is 0 Å². The van der Waals surface area contributed by atoms with Gasteiger partial charge in [-0.3, -0.25) is 14.5 Å². The van der Waals surface area contributed by atoms with Crippen LogP contribution in [0.3, 0.4) is 0 Å². The lowest BCUT2D eigenvalue weighted by Gasteiger charge is -2.10. The average molecular weight is 329 g/mol. The van der Waals surface area contributed by atoms with Crippen molar-refractivity contribution in [2.75, 3.05) is 0 Å². The number of imide groups is 1. The van der Waals surface area contributed by atoms with Gasteiger partial charge >= 0.3 is 6.03 Å². The van der Waals surface area contributed by atoms with E-state index >= 15 is 0 Å². The molecule has 0 spiro atoms. The maximum atomic E-state index is 11.8.